The Morgan fingerprint density at radius 2 is 1.83 bits per heavy atom. The molecule has 30 heavy (non-hydrogen) atoms. The van der Waals surface area contributed by atoms with Crippen molar-refractivity contribution >= 4 is 48.6 Å². The molecule has 1 aromatic carbocycles. The predicted octanol–water partition coefficient (Wildman–Crippen LogP) is 1.49. The normalized spacial score (nSPS) is 21.6. The summed E-state index contributed by atoms with van der Waals surface area (Å²) in [6.45, 7) is 1.27. The Morgan fingerprint density at radius 1 is 1.23 bits per heavy atom. The molecule has 1 aliphatic carbocycles. The van der Waals surface area contributed by atoms with E-state index in [0.717, 1.165) is 0 Å². The van der Waals surface area contributed by atoms with Crippen LogP contribution in [-0.4, -0.2) is 58.2 Å². The van der Waals surface area contributed by atoms with Crippen LogP contribution in [0.4, 0.5) is 0 Å². The largest absolute Gasteiger partial charge is 0.384 e. The number of methoxy groups -OCH3 is 1. The molecule has 0 aromatic heterocycles. The molecule has 1 unspecified atom stereocenters. The molecule has 1 heterocycles. The van der Waals surface area contributed by atoms with Gasteiger partial charge in [-0.3, -0.25) is 14.4 Å². The van der Waals surface area contributed by atoms with Gasteiger partial charge >= 0.3 is 0 Å². The molecule has 1 saturated carbocycles. The van der Waals surface area contributed by atoms with Crippen molar-refractivity contribution in [3.63, 3.8) is 0 Å². The first-order chi connectivity index (χ1) is 13.9. The van der Waals surface area contributed by atoms with Crippen molar-refractivity contribution < 1.29 is 36.0 Å². The van der Waals surface area contributed by atoms with Crippen LogP contribution in [0.1, 0.15) is 40.7 Å². The maximum Gasteiger partial charge on any atom is 0.196 e. The highest BCUT2D eigenvalue weighted by Gasteiger charge is 2.48. The lowest BCUT2D eigenvalue weighted by atomic mass is 9.81. The Labute approximate surface area is 179 Å². The Kier molecular flexibility index (Phi) is 6.26. The third kappa shape index (κ3) is 3.74. The number of benzene rings is 1. The van der Waals surface area contributed by atoms with Gasteiger partial charge in [-0.2, -0.15) is 0 Å². The van der Waals surface area contributed by atoms with Crippen LogP contribution in [-0.2, 0) is 40.4 Å². The molecule has 8 nitrogen and oxygen atoms in total. The second-order valence-corrected chi connectivity index (χ2v) is 12.5. The molecule has 0 saturated heterocycles. The molecule has 0 radical (unpaired) electrons. The van der Waals surface area contributed by atoms with Gasteiger partial charge in [0.2, 0.25) is 0 Å². The van der Waals surface area contributed by atoms with E-state index >= 15 is 0 Å². The third-order valence-corrected chi connectivity index (χ3v) is 11.3. The van der Waals surface area contributed by atoms with Crippen LogP contribution in [0, 0.1) is 12.8 Å². The Hall–Kier alpha value is -1.62. The Balaban J connectivity index is 2.09. The van der Waals surface area contributed by atoms with Gasteiger partial charge in [-0.1, -0.05) is 11.6 Å². The van der Waals surface area contributed by atoms with E-state index < -0.39 is 59.7 Å². The molecule has 11 heteroatoms. The fourth-order valence-electron chi connectivity index (χ4n) is 4.02. The number of rotatable bonds is 6. The maximum absolute atomic E-state index is 13.0. The predicted molar refractivity (Wildman–Crippen MR) is 108 cm³/mol. The molecular formula is C19H21ClO8S2. The van der Waals surface area contributed by atoms with Crippen molar-refractivity contribution in [1.82, 2.24) is 0 Å². The number of hydrogen-bond acceptors (Lipinski definition) is 8. The van der Waals surface area contributed by atoms with Gasteiger partial charge in [0.1, 0.15) is 5.92 Å². The number of ether oxygens (including phenoxy) is 1. The minimum absolute atomic E-state index is 0.0294. The monoisotopic (exact) mass is 476 g/mol. The van der Waals surface area contributed by atoms with Gasteiger partial charge in [-0.25, -0.2) is 16.8 Å². The summed E-state index contributed by atoms with van der Waals surface area (Å²) in [5.74, 6) is -3.68. The molecular weight excluding hydrogens is 456 g/mol. The van der Waals surface area contributed by atoms with Crippen molar-refractivity contribution in [3.05, 3.63) is 27.8 Å². The maximum atomic E-state index is 13.0. The molecule has 3 rings (SSSR count). The van der Waals surface area contributed by atoms with E-state index in [-0.39, 0.29) is 46.1 Å². The topological polar surface area (TPSA) is 129 Å². The fourth-order valence-corrected chi connectivity index (χ4v) is 9.28. The molecule has 0 bridgehead atoms. The quantitative estimate of drug-likeness (QED) is 0.446. The molecule has 1 atom stereocenters. The Morgan fingerprint density at radius 3 is 2.40 bits per heavy atom. The molecule has 0 spiro atoms. The van der Waals surface area contributed by atoms with Crippen LogP contribution in [0.2, 0.25) is 5.02 Å². The molecule has 164 valence electrons. The van der Waals surface area contributed by atoms with Gasteiger partial charge in [0.15, 0.2) is 41.6 Å². The number of aryl methyl sites for hydroxylation is 1. The lowest BCUT2D eigenvalue weighted by Crippen LogP contribution is -2.35. The van der Waals surface area contributed by atoms with Crippen LogP contribution in [0.3, 0.4) is 0 Å². The molecule has 0 amide bonds. The summed E-state index contributed by atoms with van der Waals surface area (Å²) in [6, 6.07) is 1.22. The highest BCUT2D eigenvalue weighted by Crippen LogP contribution is 2.42. The van der Waals surface area contributed by atoms with E-state index in [1.54, 1.807) is 0 Å². The van der Waals surface area contributed by atoms with Crippen LogP contribution in [0.25, 0.3) is 0 Å². The first-order valence-electron chi connectivity index (χ1n) is 9.29. The van der Waals surface area contributed by atoms with E-state index in [9.17, 15) is 31.2 Å². The summed E-state index contributed by atoms with van der Waals surface area (Å²) in [5.41, 5.74) is 0.0475. The number of carbonyl (C=O) groups is 3. The average Bonchev–Trinajstić information content (AvgIpc) is 2.95. The van der Waals surface area contributed by atoms with E-state index in [0.29, 0.717) is 6.42 Å². The van der Waals surface area contributed by atoms with Crippen LogP contribution in [0.5, 0.6) is 0 Å². The van der Waals surface area contributed by atoms with E-state index in [2.05, 4.69) is 0 Å². The van der Waals surface area contributed by atoms with Gasteiger partial charge in [-0.05, 0) is 30.5 Å². The smallest absolute Gasteiger partial charge is 0.196 e. The summed E-state index contributed by atoms with van der Waals surface area (Å²) >= 11 is 6.36. The van der Waals surface area contributed by atoms with E-state index in [1.807, 2.05) is 0 Å². The number of halogens is 1. The number of fused-ring (bicyclic) bond motifs is 1. The minimum atomic E-state index is -4.25. The van der Waals surface area contributed by atoms with Crippen molar-refractivity contribution in [2.75, 3.05) is 19.5 Å². The zero-order valence-corrected chi connectivity index (χ0v) is 18.8. The van der Waals surface area contributed by atoms with Gasteiger partial charge in [0, 0.05) is 31.9 Å². The van der Waals surface area contributed by atoms with Crippen molar-refractivity contribution in [2.24, 2.45) is 5.92 Å². The zero-order chi connectivity index (χ0) is 22.4. The molecule has 1 aliphatic heterocycles. The third-order valence-electron chi connectivity index (χ3n) is 5.49. The molecule has 1 fully saturated rings. The number of sulfone groups is 2. The number of hydrogen-bond donors (Lipinski definition) is 0. The number of ketones is 3. The lowest BCUT2D eigenvalue weighted by Gasteiger charge is -2.19. The van der Waals surface area contributed by atoms with Crippen molar-refractivity contribution in [1.29, 1.82) is 0 Å². The summed E-state index contributed by atoms with van der Waals surface area (Å²) in [6.07, 6.45) is 0.199. The standard InChI is InChI=1S/C19H21ClO8S2/c1-10-8-11(18(23)16-13(21)4-3-5-14(16)22)17(20)12-9-15(30(26,27)19(10)12)29(24,25)7-6-28-2/h8,15-16H,3-7,9H2,1-2H3. The van der Waals surface area contributed by atoms with Gasteiger partial charge < -0.3 is 4.74 Å². The SMILES string of the molecule is COCCS(=O)(=O)C1Cc2c(Cl)c(C(=O)C3C(=O)CCCC3=O)cc(C)c2S1(=O)=O. The molecule has 1 aromatic rings. The van der Waals surface area contributed by atoms with Crippen LogP contribution < -0.4 is 0 Å². The van der Waals surface area contributed by atoms with Crippen LogP contribution >= 0.6 is 11.6 Å². The molecule has 2 aliphatic rings. The summed E-state index contributed by atoms with van der Waals surface area (Å²) in [5, 5.41) is -0.222. The lowest BCUT2D eigenvalue weighted by molar-refractivity contribution is -0.133. The van der Waals surface area contributed by atoms with Crippen LogP contribution in [0.15, 0.2) is 11.0 Å². The second-order valence-electron chi connectivity index (χ2n) is 7.48. The molecule has 0 N–H and O–H groups in total. The average molecular weight is 477 g/mol. The zero-order valence-electron chi connectivity index (χ0n) is 16.4. The van der Waals surface area contributed by atoms with Gasteiger partial charge in [-0.15, -0.1) is 0 Å². The number of carbonyl (C=O) groups excluding carboxylic acids is 3. The second kappa shape index (κ2) is 8.14. The minimum Gasteiger partial charge on any atom is -0.384 e. The highest BCUT2D eigenvalue weighted by molar-refractivity contribution is 8.09. The first-order valence-corrected chi connectivity index (χ1v) is 12.9. The number of Topliss-reactive ketones (excluding diaryl/α,β-unsaturated/α-hetero) is 3. The Bertz CT molecular complexity index is 1140. The van der Waals surface area contributed by atoms with E-state index in [1.165, 1.54) is 20.1 Å². The van der Waals surface area contributed by atoms with Gasteiger partial charge in [0.05, 0.1) is 22.3 Å². The van der Waals surface area contributed by atoms with E-state index in [4.69, 9.17) is 16.3 Å². The highest BCUT2D eigenvalue weighted by atomic mass is 35.5. The van der Waals surface area contributed by atoms with Gasteiger partial charge in [0.25, 0.3) is 0 Å². The summed E-state index contributed by atoms with van der Waals surface area (Å²) in [7, 11) is -7.01. The van der Waals surface area contributed by atoms with Crippen molar-refractivity contribution in [3.8, 4) is 0 Å². The summed E-state index contributed by atoms with van der Waals surface area (Å²) in [4.78, 5) is 37.1. The summed E-state index contributed by atoms with van der Waals surface area (Å²) < 4.78 is 54.2. The first kappa shape index (κ1) is 23.1. The fraction of sp³-hybridized carbons (Fsp3) is 0.526. The van der Waals surface area contributed by atoms with Crippen molar-refractivity contribution in [2.45, 2.75) is 42.1 Å².